The zero-order valence-electron chi connectivity index (χ0n) is 12.1. The van der Waals surface area contributed by atoms with Crippen LogP contribution in [0.4, 0.5) is 0 Å². The Labute approximate surface area is 110 Å². The lowest BCUT2D eigenvalue weighted by Crippen LogP contribution is -2.43. The summed E-state index contributed by atoms with van der Waals surface area (Å²) < 4.78 is 0. The zero-order chi connectivity index (χ0) is 14.0. The minimum Gasteiger partial charge on any atom is -0.356 e. The van der Waals surface area contributed by atoms with Gasteiger partial charge in [-0.3, -0.25) is 9.59 Å². The normalized spacial score (nSPS) is 12.0. The molecule has 106 valence electrons. The average Bonchev–Trinajstić information content (AvgIpc) is 2.30. The summed E-state index contributed by atoms with van der Waals surface area (Å²) >= 11 is 0. The van der Waals surface area contributed by atoms with Crippen LogP contribution in [0, 0.1) is 0 Å². The highest BCUT2D eigenvalue weighted by Gasteiger charge is 2.17. The average molecular weight is 257 g/mol. The van der Waals surface area contributed by atoms with E-state index in [1.54, 1.807) is 19.0 Å². The highest BCUT2D eigenvalue weighted by molar-refractivity contribution is 5.81. The van der Waals surface area contributed by atoms with E-state index in [9.17, 15) is 9.59 Å². The van der Waals surface area contributed by atoms with Crippen molar-refractivity contribution in [2.45, 2.75) is 45.6 Å². The molecule has 0 spiro atoms. The third kappa shape index (κ3) is 8.06. The van der Waals surface area contributed by atoms with E-state index in [0.29, 0.717) is 0 Å². The van der Waals surface area contributed by atoms with Crippen molar-refractivity contribution in [3.05, 3.63) is 0 Å². The predicted octanol–water partition coefficient (Wildman–Crippen LogP) is 0.749. The summed E-state index contributed by atoms with van der Waals surface area (Å²) in [5.41, 5.74) is 0. The zero-order valence-corrected chi connectivity index (χ0v) is 12.1. The van der Waals surface area contributed by atoms with Gasteiger partial charge in [-0.05, 0) is 19.4 Å². The van der Waals surface area contributed by atoms with Crippen LogP contribution >= 0.6 is 0 Å². The van der Waals surface area contributed by atoms with Gasteiger partial charge in [-0.1, -0.05) is 19.8 Å². The molecule has 0 bridgehead atoms. The van der Waals surface area contributed by atoms with Gasteiger partial charge in [-0.2, -0.15) is 0 Å². The van der Waals surface area contributed by atoms with Crippen molar-refractivity contribution in [3.8, 4) is 0 Å². The van der Waals surface area contributed by atoms with E-state index < -0.39 is 0 Å². The Morgan fingerprint density at radius 3 is 2.33 bits per heavy atom. The third-order valence-electron chi connectivity index (χ3n) is 2.73. The molecule has 0 aliphatic rings. The second-order valence-electron chi connectivity index (χ2n) is 4.68. The molecule has 0 heterocycles. The van der Waals surface area contributed by atoms with Gasteiger partial charge in [-0.25, -0.2) is 0 Å². The molecule has 0 saturated heterocycles. The van der Waals surface area contributed by atoms with Crippen LogP contribution < -0.4 is 10.6 Å². The summed E-state index contributed by atoms with van der Waals surface area (Å²) in [5.74, 6) is 0.155. The lowest BCUT2D eigenvalue weighted by atomic mass is 10.1. The molecule has 0 radical (unpaired) electrons. The van der Waals surface area contributed by atoms with Crippen LogP contribution in [0.2, 0.25) is 0 Å². The Morgan fingerprint density at radius 1 is 1.17 bits per heavy atom. The number of amides is 2. The Bertz CT molecular complexity index is 255. The van der Waals surface area contributed by atoms with Crippen LogP contribution in [0.15, 0.2) is 0 Å². The molecule has 5 nitrogen and oxygen atoms in total. The van der Waals surface area contributed by atoms with Crippen LogP contribution in [0.5, 0.6) is 0 Å². The molecule has 0 saturated carbocycles. The summed E-state index contributed by atoms with van der Waals surface area (Å²) in [6, 6.07) is -0.0780. The number of hydrogen-bond donors (Lipinski definition) is 2. The van der Waals surface area contributed by atoms with E-state index in [1.165, 1.54) is 6.92 Å². The molecular formula is C13H27N3O2. The van der Waals surface area contributed by atoms with Crippen LogP contribution in [0.1, 0.15) is 39.5 Å². The van der Waals surface area contributed by atoms with Crippen molar-refractivity contribution in [2.75, 3.05) is 27.2 Å². The van der Waals surface area contributed by atoms with Gasteiger partial charge in [0, 0.05) is 27.6 Å². The van der Waals surface area contributed by atoms with Gasteiger partial charge in [0.05, 0.1) is 6.04 Å². The number of rotatable bonds is 9. The topological polar surface area (TPSA) is 61.4 Å². The summed E-state index contributed by atoms with van der Waals surface area (Å²) in [7, 11) is 3.56. The number of unbranched alkanes of at least 4 members (excludes halogenated alkanes) is 2. The Hall–Kier alpha value is -1.10. The molecule has 18 heavy (non-hydrogen) atoms. The van der Waals surface area contributed by atoms with Gasteiger partial charge >= 0.3 is 0 Å². The van der Waals surface area contributed by atoms with E-state index in [0.717, 1.165) is 38.8 Å². The fourth-order valence-corrected chi connectivity index (χ4v) is 1.79. The first-order valence-corrected chi connectivity index (χ1v) is 6.68. The molecule has 5 heteroatoms. The van der Waals surface area contributed by atoms with E-state index in [4.69, 9.17) is 0 Å². The highest BCUT2D eigenvalue weighted by atomic mass is 16.2. The summed E-state index contributed by atoms with van der Waals surface area (Å²) in [6.45, 7) is 5.06. The number of nitrogens with zero attached hydrogens (tertiary/aromatic N) is 1. The lowest BCUT2D eigenvalue weighted by Gasteiger charge is -2.21. The van der Waals surface area contributed by atoms with Crippen molar-refractivity contribution in [2.24, 2.45) is 0 Å². The molecule has 0 aliphatic heterocycles. The number of hydrogen-bond acceptors (Lipinski definition) is 3. The maximum absolute atomic E-state index is 11.8. The Morgan fingerprint density at radius 2 is 1.83 bits per heavy atom. The lowest BCUT2D eigenvalue weighted by molar-refractivity contribution is -0.131. The molecular weight excluding hydrogens is 230 g/mol. The number of carbonyl (C=O) groups is 2. The fraction of sp³-hybridized carbons (Fsp3) is 0.846. The van der Waals surface area contributed by atoms with Gasteiger partial charge in [0.1, 0.15) is 0 Å². The molecule has 1 unspecified atom stereocenters. The highest BCUT2D eigenvalue weighted by Crippen LogP contribution is 2.05. The molecule has 2 N–H and O–H groups in total. The fourth-order valence-electron chi connectivity index (χ4n) is 1.79. The van der Waals surface area contributed by atoms with Gasteiger partial charge in [-0.15, -0.1) is 0 Å². The van der Waals surface area contributed by atoms with Crippen molar-refractivity contribution < 1.29 is 9.59 Å². The van der Waals surface area contributed by atoms with E-state index in [2.05, 4.69) is 10.6 Å². The second kappa shape index (κ2) is 9.88. The van der Waals surface area contributed by atoms with Gasteiger partial charge in [0.15, 0.2) is 0 Å². The minimum atomic E-state index is -0.0780. The minimum absolute atomic E-state index is 0.0170. The standard InChI is InChI=1S/C13H27N3O2/c1-5-14-12(13(18)16(3)4)9-7-6-8-10-15-11(2)17/h12,14H,5-10H2,1-4H3,(H,15,17). The molecule has 0 aromatic rings. The summed E-state index contributed by atoms with van der Waals surface area (Å²) in [6.07, 6.45) is 3.85. The van der Waals surface area contributed by atoms with Gasteiger partial charge in [0.25, 0.3) is 0 Å². The van der Waals surface area contributed by atoms with Gasteiger partial charge < -0.3 is 15.5 Å². The van der Waals surface area contributed by atoms with E-state index in [-0.39, 0.29) is 17.9 Å². The Balaban J connectivity index is 3.77. The number of carbonyl (C=O) groups excluding carboxylic acids is 2. The van der Waals surface area contributed by atoms with Crippen molar-refractivity contribution in [1.29, 1.82) is 0 Å². The summed E-state index contributed by atoms with van der Waals surface area (Å²) in [4.78, 5) is 24.1. The molecule has 0 aliphatic carbocycles. The number of nitrogens with one attached hydrogen (secondary N) is 2. The van der Waals surface area contributed by atoms with Crippen molar-refractivity contribution in [3.63, 3.8) is 0 Å². The van der Waals surface area contributed by atoms with E-state index in [1.807, 2.05) is 6.92 Å². The van der Waals surface area contributed by atoms with E-state index >= 15 is 0 Å². The maximum Gasteiger partial charge on any atom is 0.239 e. The maximum atomic E-state index is 11.8. The van der Waals surface area contributed by atoms with Crippen LogP contribution in [-0.4, -0.2) is 49.9 Å². The third-order valence-corrected chi connectivity index (χ3v) is 2.73. The monoisotopic (exact) mass is 257 g/mol. The predicted molar refractivity (Wildman–Crippen MR) is 73.3 cm³/mol. The Kier molecular flexibility index (Phi) is 9.28. The van der Waals surface area contributed by atoms with Crippen LogP contribution in [-0.2, 0) is 9.59 Å². The first-order chi connectivity index (χ1) is 8.49. The molecule has 0 aromatic carbocycles. The largest absolute Gasteiger partial charge is 0.356 e. The van der Waals surface area contributed by atoms with Gasteiger partial charge in [0.2, 0.25) is 11.8 Å². The van der Waals surface area contributed by atoms with Crippen LogP contribution in [0.25, 0.3) is 0 Å². The quantitative estimate of drug-likeness (QED) is 0.599. The van der Waals surface area contributed by atoms with Crippen LogP contribution in [0.3, 0.4) is 0 Å². The first kappa shape index (κ1) is 16.9. The summed E-state index contributed by atoms with van der Waals surface area (Å²) in [5, 5.41) is 5.98. The molecule has 0 rings (SSSR count). The van der Waals surface area contributed by atoms with Crippen molar-refractivity contribution in [1.82, 2.24) is 15.5 Å². The molecule has 0 fully saturated rings. The smallest absolute Gasteiger partial charge is 0.239 e. The second-order valence-corrected chi connectivity index (χ2v) is 4.68. The molecule has 0 aromatic heterocycles. The molecule has 2 amide bonds. The SMILES string of the molecule is CCNC(CCCCCNC(C)=O)C(=O)N(C)C. The first-order valence-electron chi connectivity index (χ1n) is 6.68. The number of likely N-dealkylation sites (N-methyl/N-ethyl adjacent to an activating group) is 2. The van der Waals surface area contributed by atoms with Crippen molar-refractivity contribution >= 4 is 11.8 Å². The molecule has 1 atom stereocenters.